The quantitative estimate of drug-likeness (QED) is 0.132. The van der Waals surface area contributed by atoms with Crippen LogP contribution in [-0.4, -0.2) is 22.9 Å². The maximum atomic E-state index is 10.2. The predicted molar refractivity (Wildman–Crippen MR) is 89.9 cm³/mol. The highest BCUT2D eigenvalue weighted by Crippen LogP contribution is 2.12. The molecule has 4 heteroatoms. The zero-order valence-electron chi connectivity index (χ0n) is 13.7. The molecule has 0 saturated carbocycles. The van der Waals surface area contributed by atoms with Crippen LogP contribution in [0.3, 0.4) is 0 Å². The van der Waals surface area contributed by atoms with Gasteiger partial charge >= 0.3 is 5.97 Å². The summed E-state index contributed by atoms with van der Waals surface area (Å²) in [5.74, 6) is -0.899. The Morgan fingerprint density at radius 2 is 1.27 bits per heavy atom. The van der Waals surface area contributed by atoms with Gasteiger partial charge in [0, 0.05) is 6.08 Å². The number of aliphatic carboxylic acids is 1. The van der Waals surface area contributed by atoms with E-state index < -0.39 is 5.97 Å². The molecule has 0 rings (SSSR count). The van der Waals surface area contributed by atoms with Crippen molar-refractivity contribution in [1.29, 1.82) is 0 Å². The Bertz CT molecular complexity index is 297. The number of unbranched alkanes of at least 4 members (excludes halogenated alkanes) is 11. The standard InChI is InChI=1S/C18H32O4/c19-18(20)16-14-12-10-8-6-4-2-1-3-5-7-9-11-13-15-17-22-21/h10,12,14,16,21H,1-9,11,13,15,17H2,(H,19,20)/b12-10+,16-14+. The second-order valence-corrected chi connectivity index (χ2v) is 5.64. The van der Waals surface area contributed by atoms with Crippen LogP contribution in [0.4, 0.5) is 0 Å². The lowest BCUT2D eigenvalue weighted by Gasteiger charge is -2.02. The predicted octanol–water partition coefficient (Wildman–Crippen LogP) is 5.35. The molecule has 0 aromatic carbocycles. The van der Waals surface area contributed by atoms with Gasteiger partial charge in [0.05, 0.1) is 6.61 Å². The van der Waals surface area contributed by atoms with E-state index in [2.05, 4.69) is 4.89 Å². The molecule has 0 unspecified atom stereocenters. The summed E-state index contributed by atoms with van der Waals surface area (Å²) in [6, 6.07) is 0. The molecule has 0 radical (unpaired) electrons. The minimum Gasteiger partial charge on any atom is -0.478 e. The summed E-state index contributed by atoms with van der Waals surface area (Å²) < 4.78 is 0. The first kappa shape index (κ1) is 20.9. The molecule has 4 nitrogen and oxygen atoms in total. The smallest absolute Gasteiger partial charge is 0.328 e. The lowest BCUT2D eigenvalue weighted by Crippen LogP contribution is -1.88. The SMILES string of the molecule is O=C(O)/C=C/C=C/CCCCCCCCCCCCCOO. The Morgan fingerprint density at radius 3 is 1.77 bits per heavy atom. The normalized spacial score (nSPS) is 11.7. The number of hydrogen-bond acceptors (Lipinski definition) is 3. The number of carboxylic acids is 1. The van der Waals surface area contributed by atoms with Crippen molar-refractivity contribution in [2.75, 3.05) is 6.61 Å². The van der Waals surface area contributed by atoms with E-state index in [-0.39, 0.29) is 0 Å². The first-order valence-corrected chi connectivity index (χ1v) is 8.60. The molecule has 0 amide bonds. The van der Waals surface area contributed by atoms with Crippen LogP contribution >= 0.6 is 0 Å². The molecular formula is C18H32O4. The number of rotatable bonds is 16. The highest BCUT2D eigenvalue weighted by molar-refractivity contribution is 5.80. The average Bonchev–Trinajstić information content (AvgIpc) is 2.50. The van der Waals surface area contributed by atoms with Crippen molar-refractivity contribution in [3.05, 3.63) is 24.3 Å². The van der Waals surface area contributed by atoms with Crippen molar-refractivity contribution in [3.8, 4) is 0 Å². The fourth-order valence-electron chi connectivity index (χ4n) is 2.33. The van der Waals surface area contributed by atoms with Crippen molar-refractivity contribution in [1.82, 2.24) is 0 Å². The first-order valence-electron chi connectivity index (χ1n) is 8.60. The third kappa shape index (κ3) is 18.9. The Hall–Kier alpha value is -1.13. The van der Waals surface area contributed by atoms with Gasteiger partial charge in [0.25, 0.3) is 0 Å². The number of allylic oxidation sites excluding steroid dienone is 3. The van der Waals surface area contributed by atoms with Gasteiger partial charge in [0.1, 0.15) is 0 Å². The van der Waals surface area contributed by atoms with Gasteiger partial charge in [0.15, 0.2) is 0 Å². The van der Waals surface area contributed by atoms with E-state index in [0.717, 1.165) is 25.3 Å². The summed E-state index contributed by atoms with van der Waals surface area (Å²) in [5.41, 5.74) is 0. The maximum Gasteiger partial charge on any atom is 0.328 e. The molecule has 0 aromatic rings. The second kappa shape index (κ2) is 17.9. The summed E-state index contributed by atoms with van der Waals surface area (Å²) in [6.45, 7) is 0.463. The second-order valence-electron chi connectivity index (χ2n) is 5.64. The van der Waals surface area contributed by atoms with Crippen molar-refractivity contribution < 1.29 is 20.0 Å². The lowest BCUT2D eigenvalue weighted by molar-refractivity contribution is -0.242. The minimum absolute atomic E-state index is 0.463. The average molecular weight is 312 g/mol. The Labute approximate surface area is 134 Å². The molecule has 0 bridgehead atoms. The molecule has 0 aliphatic heterocycles. The minimum atomic E-state index is -0.899. The summed E-state index contributed by atoms with van der Waals surface area (Å²) >= 11 is 0. The summed E-state index contributed by atoms with van der Waals surface area (Å²) in [4.78, 5) is 14.3. The van der Waals surface area contributed by atoms with E-state index in [1.54, 1.807) is 12.2 Å². The van der Waals surface area contributed by atoms with Gasteiger partial charge in [-0.2, -0.15) is 0 Å². The van der Waals surface area contributed by atoms with Crippen molar-refractivity contribution >= 4 is 5.97 Å². The molecule has 0 heterocycles. The van der Waals surface area contributed by atoms with E-state index >= 15 is 0 Å². The summed E-state index contributed by atoms with van der Waals surface area (Å²) in [7, 11) is 0. The Kier molecular flexibility index (Phi) is 17.0. The van der Waals surface area contributed by atoms with Gasteiger partial charge in [0.2, 0.25) is 0 Å². The Balaban J connectivity index is 3.10. The molecule has 128 valence electrons. The van der Waals surface area contributed by atoms with Crippen LogP contribution in [0.1, 0.15) is 77.0 Å². The largest absolute Gasteiger partial charge is 0.478 e. The van der Waals surface area contributed by atoms with E-state index in [0.29, 0.717) is 6.61 Å². The highest BCUT2D eigenvalue weighted by atomic mass is 17.1. The molecule has 0 aromatic heterocycles. The van der Waals surface area contributed by atoms with Crippen molar-refractivity contribution in [3.63, 3.8) is 0 Å². The number of carbonyl (C=O) groups is 1. The molecular weight excluding hydrogens is 280 g/mol. The fraction of sp³-hybridized carbons (Fsp3) is 0.722. The monoisotopic (exact) mass is 312 g/mol. The van der Waals surface area contributed by atoms with Crippen LogP contribution in [0.5, 0.6) is 0 Å². The zero-order chi connectivity index (χ0) is 16.3. The van der Waals surface area contributed by atoms with Crippen LogP contribution in [0.25, 0.3) is 0 Å². The Morgan fingerprint density at radius 1 is 0.773 bits per heavy atom. The summed E-state index contributed by atoms with van der Waals surface area (Å²) in [5, 5.41) is 16.6. The third-order valence-corrected chi connectivity index (χ3v) is 3.59. The molecule has 22 heavy (non-hydrogen) atoms. The van der Waals surface area contributed by atoms with E-state index in [1.165, 1.54) is 57.8 Å². The van der Waals surface area contributed by atoms with E-state index in [9.17, 15) is 4.79 Å². The zero-order valence-corrected chi connectivity index (χ0v) is 13.7. The van der Waals surface area contributed by atoms with Crippen LogP contribution in [0.15, 0.2) is 24.3 Å². The third-order valence-electron chi connectivity index (χ3n) is 3.59. The molecule has 0 spiro atoms. The van der Waals surface area contributed by atoms with Gasteiger partial charge in [-0.05, 0) is 19.3 Å². The molecule has 0 atom stereocenters. The summed E-state index contributed by atoms with van der Waals surface area (Å²) in [6.07, 6.45) is 21.3. The first-order chi connectivity index (χ1) is 10.8. The van der Waals surface area contributed by atoms with Crippen molar-refractivity contribution in [2.45, 2.75) is 77.0 Å². The van der Waals surface area contributed by atoms with E-state index in [1.807, 2.05) is 6.08 Å². The molecule has 0 aliphatic rings. The molecule has 0 saturated heterocycles. The highest BCUT2D eigenvalue weighted by Gasteiger charge is 1.93. The molecule has 0 fully saturated rings. The van der Waals surface area contributed by atoms with Gasteiger partial charge in [-0.1, -0.05) is 76.0 Å². The van der Waals surface area contributed by atoms with Crippen LogP contribution in [-0.2, 0) is 9.68 Å². The van der Waals surface area contributed by atoms with E-state index in [4.69, 9.17) is 10.4 Å². The lowest BCUT2D eigenvalue weighted by atomic mass is 10.1. The van der Waals surface area contributed by atoms with Crippen LogP contribution < -0.4 is 0 Å². The van der Waals surface area contributed by atoms with Gasteiger partial charge in [-0.25, -0.2) is 9.68 Å². The fourth-order valence-corrected chi connectivity index (χ4v) is 2.33. The van der Waals surface area contributed by atoms with Crippen LogP contribution in [0.2, 0.25) is 0 Å². The van der Waals surface area contributed by atoms with Crippen molar-refractivity contribution in [2.24, 2.45) is 0 Å². The van der Waals surface area contributed by atoms with Gasteiger partial charge in [-0.15, -0.1) is 0 Å². The number of hydrogen-bond donors (Lipinski definition) is 2. The van der Waals surface area contributed by atoms with Crippen LogP contribution in [0, 0.1) is 0 Å². The number of carboxylic acid groups (broad SMARTS) is 1. The molecule has 2 N–H and O–H groups in total. The molecule has 0 aliphatic carbocycles. The van der Waals surface area contributed by atoms with Gasteiger partial charge < -0.3 is 5.11 Å². The maximum absolute atomic E-state index is 10.2. The topological polar surface area (TPSA) is 66.8 Å². The van der Waals surface area contributed by atoms with Gasteiger partial charge in [-0.3, -0.25) is 5.26 Å².